The van der Waals surface area contributed by atoms with E-state index in [0.29, 0.717) is 0 Å². The first-order valence-electron chi connectivity index (χ1n) is 4.59. The quantitative estimate of drug-likeness (QED) is 0.696. The van der Waals surface area contributed by atoms with Crippen molar-refractivity contribution in [3.63, 3.8) is 0 Å². The minimum atomic E-state index is 0.982. The fourth-order valence-electron chi connectivity index (χ4n) is 1.12. The van der Waals surface area contributed by atoms with E-state index in [9.17, 15) is 0 Å². The molecule has 0 saturated heterocycles. The molecule has 0 N–H and O–H groups in total. The average Bonchev–Trinajstić information content (AvgIpc) is 2.68. The lowest BCUT2D eigenvalue weighted by Gasteiger charge is -1.94. The molecule has 0 fully saturated rings. The monoisotopic (exact) mass is 194 g/mol. The highest BCUT2D eigenvalue weighted by Crippen LogP contribution is 2.19. The van der Waals surface area contributed by atoms with Crippen LogP contribution in [0, 0.1) is 0 Å². The summed E-state index contributed by atoms with van der Waals surface area (Å²) in [5.74, 6) is 0. The predicted octanol–water partition coefficient (Wildman–Crippen LogP) is 3.28. The molecule has 0 spiro atoms. The van der Waals surface area contributed by atoms with Gasteiger partial charge in [-0.2, -0.15) is 0 Å². The standard InChI is InChI=1S/C8H8N2S.C2H6/c1-2-7-6-3-4-11-8(6)10-5-9-7;1-2/h3-5H,2H2,1H3;1-2H3. The second kappa shape index (κ2) is 4.92. The van der Waals surface area contributed by atoms with Crippen LogP contribution in [0.15, 0.2) is 17.8 Å². The van der Waals surface area contributed by atoms with Gasteiger partial charge < -0.3 is 0 Å². The molecule has 2 aromatic heterocycles. The highest BCUT2D eigenvalue weighted by molar-refractivity contribution is 7.16. The Morgan fingerprint density at radius 3 is 2.77 bits per heavy atom. The molecule has 13 heavy (non-hydrogen) atoms. The van der Waals surface area contributed by atoms with Gasteiger partial charge in [0.25, 0.3) is 0 Å². The molecular weight excluding hydrogens is 180 g/mol. The molecule has 0 saturated carbocycles. The van der Waals surface area contributed by atoms with Crippen molar-refractivity contribution in [1.82, 2.24) is 9.97 Å². The molecule has 0 aromatic carbocycles. The fraction of sp³-hybridized carbons (Fsp3) is 0.400. The molecule has 0 amide bonds. The fourth-order valence-corrected chi connectivity index (χ4v) is 1.88. The molecular formula is C10H14N2S. The molecule has 70 valence electrons. The maximum atomic E-state index is 4.19. The summed E-state index contributed by atoms with van der Waals surface area (Å²) in [5, 5.41) is 3.26. The Morgan fingerprint density at radius 1 is 1.31 bits per heavy atom. The molecule has 2 heterocycles. The number of fused-ring (bicyclic) bond motifs is 1. The van der Waals surface area contributed by atoms with Gasteiger partial charge in [-0.15, -0.1) is 11.3 Å². The van der Waals surface area contributed by atoms with Crippen molar-refractivity contribution in [2.24, 2.45) is 0 Å². The van der Waals surface area contributed by atoms with Gasteiger partial charge in [-0.3, -0.25) is 0 Å². The Bertz CT molecular complexity index is 368. The van der Waals surface area contributed by atoms with Gasteiger partial charge in [0.2, 0.25) is 0 Å². The van der Waals surface area contributed by atoms with E-state index >= 15 is 0 Å². The van der Waals surface area contributed by atoms with Crippen LogP contribution in [-0.4, -0.2) is 9.97 Å². The van der Waals surface area contributed by atoms with Crippen LogP contribution in [0.3, 0.4) is 0 Å². The van der Waals surface area contributed by atoms with Gasteiger partial charge in [-0.05, 0) is 17.9 Å². The zero-order valence-corrected chi connectivity index (χ0v) is 9.06. The van der Waals surface area contributed by atoms with Crippen LogP contribution in [-0.2, 0) is 6.42 Å². The van der Waals surface area contributed by atoms with E-state index in [0.717, 1.165) is 16.9 Å². The summed E-state index contributed by atoms with van der Waals surface area (Å²) in [6.45, 7) is 6.11. The van der Waals surface area contributed by atoms with Crippen LogP contribution in [0.1, 0.15) is 26.5 Å². The van der Waals surface area contributed by atoms with Crippen molar-refractivity contribution in [1.29, 1.82) is 0 Å². The molecule has 0 radical (unpaired) electrons. The molecule has 0 aliphatic carbocycles. The number of rotatable bonds is 1. The number of hydrogen-bond acceptors (Lipinski definition) is 3. The van der Waals surface area contributed by atoms with Gasteiger partial charge in [0, 0.05) is 5.39 Å². The summed E-state index contributed by atoms with van der Waals surface area (Å²) < 4.78 is 0. The maximum Gasteiger partial charge on any atom is 0.126 e. The van der Waals surface area contributed by atoms with E-state index in [-0.39, 0.29) is 0 Å². The van der Waals surface area contributed by atoms with Gasteiger partial charge >= 0.3 is 0 Å². The van der Waals surface area contributed by atoms with Gasteiger partial charge in [0.15, 0.2) is 0 Å². The van der Waals surface area contributed by atoms with Crippen LogP contribution in [0.2, 0.25) is 0 Å². The van der Waals surface area contributed by atoms with Crippen LogP contribution in [0.25, 0.3) is 10.2 Å². The molecule has 0 unspecified atom stereocenters. The molecule has 0 aliphatic rings. The summed E-state index contributed by atoms with van der Waals surface area (Å²) in [7, 11) is 0. The Balaban J connectivity index is 0.000000396. The molecule has 0 bridgehead atoms. The third kappa shape index (κ3) is 2.04. The van der Waals surface area contributed by atoms with Crippen LogP contribution in [0.4, 0.5) is 0 Å². The highest BCUT2D eigenvalue weighted by Gasteiger charge is 2.00. The summed E-state index contributed by atoms with van der Waals surface area (Å²) in [5.41, 5.74) is 1.15. The zero-order valence-electron chi connectivity index (χ0n) is 8.24. The molecule has 3 heteroatoms. The van der Waals surface area contributed by atoms with Gasteiger partial charge in [0.1, 0.15) is 11.2 Å². The first kappa shape index (κ1) is 10.1. The van der Waals surface area contributed by atoms with Crippen LogP contribution in [0.5, 0.6) is 0 Å². The number of thiophene rings is 1. The van der Waals surface area contributed by atoms with E-state index in [2.05, 4.69) is 28.3 Å². The van der Waals surface area contributed by atoms with Crippen molar-refractivity contribution in [3.8, 4) is 0 Å². The smallest absolute Gasteiger partial charge is 0.126 e. The van der Waals surface area contributed by atoms with Gasteiger partial charge in [0.05, 0.1) is 5.69 Å². The van der Waals surface area contributed by atoms with Crippen LogP contribution < -0.4 is 0 Å². The SMILES string of the molecule is CC.CCc1ncnc2sccc12. The highest BCUT2D eigenvalue weighted by atomic mass is 32.1. The minimum Gasteiger partial charge on any atom is -0.241 e. The number of nitrogens with zero attached hydrogens (tertiary/aromatic N) is 2. The van der Waals surface area contributed by atoms with E-state index < -0.39 is 0 Å². The summed E-state index contributed by atoms with van der Waals surface area (Å²) in [6, 6.07) is 2.08. The molecule has 2 rings (SSSR count). The minimum absolute atomic E-state index is 0.982. The van der Waals surface area contributed by atoms with Crippen LogP contribution >= 0.6 is 11.3 Å². The molecule has 2 nitrogen and oxygen atoms in total. The summed E-state index contributed by atoms with van der Waals surface area (Å²) in [6.07, 6.45) is 2.62. The van der Waals surface area contributed by atoms with E-state index in [1.165, 1.54) is 5.39 Å². The molecule has 0 aliphatic heterocycles. The maximum absolute atomic E-state index is 4.19. The summed E-state index contributed by atoms with van der Waals surface area (Å²) >= 11 is 1.67. The van der Waals surface area contributed by atoms with Gasteiger partial charge in [-0.1, -0.05) is 20.8 Å². The molecule has 2 aromatic rings. The first-order chi connectivity index (χ1) is 6.42. The van der Waals surface area contributed by atoms with E-state index in [1.54, 1.807) is 17.7 Å². The van der Waals surface area contributed by atoms with Crippen molar-refractivity contribution in [3.05, 3.63) is 23.5 Å². The van der Waals surface area contributed by atoms with E-state index in [4.69, 9.17) is 0 Å². The summed E-state index contributed by atoms with van der Waals surface area (Å²) in [4.78, 5) is 9.44. The Morgan fingerprint density at radius 2 is 2.08 bits per heavy atom. The van der Waals surface area contributed by atoms with E-state index in [1.807, 2.05) is 13.8 Å². The Hall–Kier alpha value is -0.960. The first-order valence-corrected chi connectivity index (χ1v) is 5.47. The predicted molar refractivity (Wildman–Crippen MR) is 58.1 cm³/mol. The van der Waals surface area contributed by atoms with Crippen molar-refractivity contribution in [2.45, 2.75) is 27.2 Å². The zero-order chi connectivity index (χ0) is 9.68. The topological polar surface area (TPSA) is 25.8 Å². The Labute approximate surface area is 82.7 Å². The Kier molecular flexibility index (Phi) is 3.83. The lowest BCUT2D eigenvalue weighted by molar-refractivity contribution is 1.03. The lowest BCUT2D eigenvalue weighted by Crippen LogP contribution is -1.87. The second-order valence-corrected chi connectivity index (χ2v) is 3.21. The third-order valence-electron chi connectivity index (χ3n) is 1.68. The largest absolute Gasteiger partial charge is 0.241 e. The van der Waals surface area contributed by atoms with Gasteiger partial charge in [-0.25, -0.2) is 9.97 Å². The number of aryl methyl sites for hydroxylation is 1. The normalized spacial score (nSPS) is 9.46. The number of aromatic nitrogens is 2. The van der Waals surface area contributed by atoms with Crippen molar-refractivity contribution < 1.29 is 0 Å². The van der Waals surface area contributed by atoms with Crippen molar-refractivity contribution in [2.75, 3.05) is 0 Å². The second-order valence-electron chi connectivity index (χ2n) is 2.31. The average molecular weight is 194 g/mol. The molecule has 0 atom stereocenters. The lowest BCUT2D eigenvalue weighted by atomic mass is 10.2. The number of hydrogen-bond donors (Lipinski definition) is 0. The third-order valence-corrected chi connectivity index (χ3v) is 2.50. The van der Waals surface area contributed by atoms with Crippen molar-refractivity contribution >= 4 is 21.6 Å².